The number of phenols is 1. The number of Topliss-reactive ketones (excluding diaryl/α,β-unsaturated/α-hetero) is 1. The Labute approximate surface area is 121 Å². The first-order valence-corrected chi connectivity index (χ1v) is 6.45. The highest BCUT2D eigenvalue weighted by Crippen LogP contribution is 2.28. The summed E-state index contributed by atoms with van der Waals surface area (Å²) < 4.78 is 9.92. The first-order chi connectivity index (χ1) is 10.0. The number of benzene rings is 1. The van der Waals surface area contributed by atoms with Crippen LogP contribution in [0.1, 0.15) is 34.1 Å². The molecule has 0 saturated heterocycles. The van der Waals surface area contributed by atoms with Gasteiger partial charge in [-0.1, -0.05) is 6.07 Å². The second-order valence-corrected chi connectivity index (χ2v) is 4.31. The third-order valence-corrected chi connectivity index (χ3v) is 2.89. The summed E-state index contributed by atoms with van der Waals surface area (Å²) in [4.78, 5) is 35.2. The number of phenolic OH excluding ortho intramolecular Hbond substituents is 1. The Morgan fingerprint density at radius 1 is 1.29 bits per heavy atom. The van der Waals surface area contributed by atoms with Crippen molar-refractivity contribution in [3.63, 3.8) is 0 Å². The SMILES string of the molecule is CCOC(=O)CCOC1=CC(=O)c2c(O)cccc2C1=O. The first kappa shape index (κ1) is 14.8. The van der Waals surface area contributed by atoms with E-state index >= 15 is 0 Å². The van der Waals surface area contributed by atoms with E-state index in [-0.39, 0.29) is 42.3 Å². The van der Waals surface area contributed by atoms with Crippen LogP contribution in [0, 0.1) is 0 Å². The van der Waals surface area contributed by atoms with Gasteiger partial charge in [-0.3, -0.25) is 14.4 Å². The summed E-state index contributed by atoms with van der Waals surface area (Å²) in [5, 5.41) is 9.63. The molecule has 0 bridgehead atoms. The molecule has 0 atom stereocenters. The average Bonchev–Trinajstić information content (AvgIpc) is 2.44. The molecule has 21 heavy (non-hydrogen) atoms. The molecule has 1 N–H and O–H groups in total. The Morgan fingerprint density at radius 3 is 2.76 bits per heavy atom. The van der Waals surface area contributed by atoms with Gasteiger partial charge in [-0.15, -0.1) is 0 Å². The quantitative estimate of drug-likeness (QED) is 0.829. The van der Waals surface area contributed by atoms with E-state index in [0.717, 1.165) is 6.08 Å². The summed E-state index contributed by atoms with van der Waals surface area (Å²) in [6.07, 6.45) is 1.01. The van der Waals surface area contributed by atoms with Gasteiger partial charge < -0.3 is 14.6 Å². The molecule has 1 aromatic rings. The molecule has 6 heteroatoms. The van der Waals surface area contributed by atoms with E-state index in [2.05, 4.69) is 0 Å². The number of rotatable bonds is 5. The number of hydrogen-bond donors (Lipinski definition) is 1. The van der Waals surface area contributed by atoms with Crippen molar-refractivity contribution in [2.45, 2.75) is 13.3 Å². The lowest BCUT2D eigenvalue weighted by molar-refractivity contribution is -0.143. The van der Waals surface area contributed by atoms with Crippen molar-refractivity contribution in [2.75, 3.05) is 13.2 Å². The van der Waals surface area contributed by atoms with Gasteiger partial charge in [0.05, 0.1) is 25.2 Å². The van der Waals surface area contributed by atoms with Gasteiger partial charge >= 0.3 is 5.97 Å². The predicted molar refractivity (Wildman–Crippen MR) is 72.1 cm³/mol. The van der Waals surface area contributed by atoms with Crippen molar-refractivity contribution in [3.05, 3.63) is 41.2 Å². The maximum atomic E-state index is 12.1. The van der Waals surface area contributed by atoms with Crippen molar-refractivity contribution in [1.82, 2.24) is 0 Å². The summed E-state index contributed by atoms with van der Waals surface area (Å²) in [6.45, 7) is 1.90. The fraction of sp³-hybridized carbons (Fsp3) is 0.267. The number of aromatic hydroxyl groups is 1. The second kappa shape index (κ2) is 6.21. The van der Waals surface area contributed by atoms with Crippen molar-refractivity contribution in [2.24, 2.45) is 0 Å². The van der Waals surface area contributed by atoms with Crippen LogP contribution in [0.3, 0.4) is 0 Å². The number of carbonyl (C=O) groups is 3. The van der Waals surface area contributed by atoms with Crippen LogP contribution in [0.4, 0.5) is 0 Å². The molecule has 1 aromatic carbocycles. The number of esters is 1. The van der Waals surface area contributed by atoms with Gasteiger partial charge in [0.15, 0.2) is 11.5 Å². The lowest BCUT2D eigenvalue weighted by atomic mass is 9.93. The topological polar surface area (TPSA) is 89.9 Å². The van der Waals surface area contributed by atoms with Crippen LogP contribution in [-0.2, 0) is 14.3 Å². The fourth-order valence-electron chi connectivity index (χ4n) is 1.96. The molecule has 0 radical (unpaired) electrons. The molecule has 0 amide bonds. The van der Waals surface area contributed by atoms with Crippen LogP contribution in [0.25, 0.3) is 0 Å². The number of ether oxygens (including phenoxy) is 2. The van der Waals surface area contributed by atoms with Crippen LogP contribution in [0.15, 0.2) is 30.0 Å². The zero-order chi connectivity index (χ0) is 15.4. The van der Waals surface area contributed by atoms with Gasteiger partial charge in [-0.05, 0) is 19.1 Å². The second-order valence-electron chi connectivity index (χ2n) is 4.31. The van der Waals surface area contributed by atoms with Crippen molar-refractivity contribution in [3.8, 4) is 5.75 Å². The zero-order valence-corrected chi connectivity index (χ0v) is 11.4. The van der Waals surface area contributed by atoms with E-state index < -0.39 is 17.5 Å². The van der Waals surface area contributed by atoms with Crippen molar-refractivity contribution >= 4 is 17.5 Å². The fourth-order valence-corrected chi connectivity index (χ4v) is 1.96. The summed E-state index contributed by atoms with van der Waals surface area (Å²) >= 11 is 0. The largest absolute Gasteiger partial charge is 0.507 e. The van der Waals surface area contributed by atoms with Crippen LogP contribution in [0.2, 0.25) is 0 Å². The minimum Gasteiger partial charge on any atom is -0.507 e. The molecule has 0 aliphatic heterocycles. The maximum Gasteiger partial charge on any atom is 0.309 e. The Kier molecular flexibility index (Phi) is 4.37. The number of allylic oxidation sites excluding steroid dienone is 2. The van der Waals surface area contributed by atoms with E-state index in [1.807, 2.05) is 0 Å². The number of carbonyl (C=O) groups excluding carboxylic acids is 3. The smallest absolute Gasteiger partial charge is 0.309 e. The van der Waals surface area contributed by atoms with Crippen LogP contribution in [-0.4, -0.2) is 35.9 Å². The molecule has 0 fully saturated rings. The Balaban J connectivity index is 2.09. The van der Waals surface area contributed by atoms with Crippen LogP contribution in [0.5, 0.6) is 5.75 Å². The minimum atomic E-state index is -0.506. The molecule has 1 aliphatic rings. The number of hydrogen-bond acceptors (Lipinski definition) is 6. The Hall–Kier alpha value is -2.63. The highest BCUT2D eigenvalue weighted by atomic mass is 16.5. The third kappa shape index (κ3) is 3.10. The third-order valence-electron chi connectivity index (χ3n) is 2.89. The van der Waals surface area contributed by atoms with Crippen molar-refractivity contribution < 1.29 is 29.0 Å². The number of fused-ring (bicyclic) bond motifs is 1. The Bertz CT molecular complexity index is 629. The molecule has 0 unspecified atom stereocenters. The highest BCUT2D eigenvalue weighted by molar-refractivity contribution is 6.24. The van der Waals surface area contributed by atoms with Crippen LogP contribution >= 0.6 is 0 Å². The van der Waals surface area contributed by atoms with Gasteiger partial charge in [-0.25, -0.2) is 0 Å². The van der Waals surface area contributed by atoms with Gasteiger partial charge in [0.25, 0.3) is 0 Å². The molecule has 2 rings (SSSR count). The average molecular weight is 290 g/mol. The van der Waals surface area contributed by atoms with E-state index in [4.69, 9.17) is 9.47 Å². The molecule has 0 heterocycles. The summed E-state index contributed by atoms with van der Waals surface area (Å²) in [5.74, 6) is -1.82. The molecule has 0 spiro atoms. The molecule has 6 nitrogen and oxygen atoms in total. The zero-order valence-electron chi connectivity index (χ0n) is 11.4. The van der Waals surface area contributed by atoms with E-state index in [9.17, 15) is 19.5 Å². The van der Waals surface area contributed by atoms with E-state index in [1.54, 1.807) is 6.92 Å². The van der Waals surface area contributed by atoms with E-state index in [0.29, 0.717) is 0 Å². The molecule has 110 valence electrons. The van der Waals surface area contributed by atoms with Gasteiger partial charge in [0.2, 0.25) is 5.78 Å². The van der Waals surface area contributed by atoms with Gasteiger partial charge in [-0.2, -0.15) is 0 Å². The van der Waals surface area contributed by atoms with Gasteiger partial charge in [0, 0.05) is 11.6 Å². The first-order valence-electron chi connectivity index (χ1n) is 6.45. The van der Waals surface area contributed by atoms with Crippen LogP contribution < -0.4 is 0 Å². The summed E-state index contributed by atoms with van der Waals surface area (Å²) in [7, 11) is 0. The molecule has 1 aliphatic carbocycles. The summed E-state index contributed by atoms with van der Waals surface area (Å²) in [5.41, 5.74) is 0.0638. The number of ketones is 2. The lowest BCUT2D eigenvalue weighted by Gasteiger charge is -2.16. The minimum absolute atomic E-state index is 0.0143. The highest BCUT2D eigenvalue weighted by Gasteiger charge is 2.29. The monoisotopic (exact) mass is 290 g/mol. The lowest BCUT2D eigenvalue weighted by Crippen LogP contribution is -2.20. The Morgan fingerprint density at radius 2 is 2.05 bits per heavy atom. The molecular weight excluding hydrogens is 276 g/mol. The predicted octanol–water partition coefficient (Wildman–Crippen LogP) is 1.62. The van der Waals surface area contributed by atoms with Gasteiger partial charge in [0.1, 0.15) is 5.75 Å². The maximum absolute atomic E-state index is 12.1. The standard InChI is InChI=1S/C15H14O6/c1-2-20-13(18)6-7-21-12-8-11(17)14-9(15(12)19)4-3-5-10(14)16/h3-5,8,16H,2,6-7H2,1H3. The summed E-state index contributed by atoms with van der Waals surface area (Å²) in [6, 6.07) is 4.25. The van der Waals surface area contributed by atoms with Crippen molar-refractivity contribution in [1.29, 1.82) is 0 Å². The van der Waals surface area contributed by atoms with E-state index in [1.165, 1.54) is 18.2 Å². The normalized spacial score (nSPS) is 13.5. The molecule has 0 aromatic heterocycles. The molecular formula is C15H14O6. The molecule has 0 saturated carbocycles.